The predicted molar refractivity (Wildman–Crippen MR) is 68.7 cm³/mol. The lowest BCUT2D eigenvalue weighted by Crippen LogP contribution is -2.28. The largest absolute Gasteiger partial charge is 0.333 e. The van der Waals surface area contributed by atoms with Crippen molar-refractivity contribution in [2.45, 2.75) is 19.3 Å². The number of carbonyl (C=O) groups is 1. The van der Waals surface area contributed by atoms with E-state index in [1.54, 1.807) is 11.1 Å². The highest BCUT2D eigenvalue weighted by Crippen LogP contribution is 2.04. The first-order chi connectivity index (χ1) is 8.24. The molecule has 5 heteroatoms. The Balaban J connectivity index is 2.32. The van der Waals surface area contributed by atoms with Crippen LogP contribution in [0.25, 0.3) is 0 Å². The van der Waals surface area contributed by atoms with Crippen molar-refractivity contribution < 1.29 is 4.79 Å². The van der Waals surface area contributed by atoms with Crippen LogP contribution in [0, 0.1) is 11.3 Å². The summed E-state index contributed by atoms with van der Waals surface area (Å²) in [6.07, 6.45) is 5.63. The fourth-order valence-electron chi connectivity index (χ4n) is 1.51. The lowest BCUT2D eigenvalue weighted by atomic mass is 10.1. The van der Waals surface area contributed by atoms with Gasteiger partial charge in [-0.3, -0.25) is 9.78 Å². The minimum atomic E-state index is -0.272. The molecule has 0 aromatic carbocycles. The Labute approximate surface area is 107 Å². The molecule has 17 heavy (non-hydrogen) atoms. The number of aromatic nitrogens is 1. The summed E-state index contributed by atoms with van der Waals surface area (Å²) in [6.45, 7) is 1.07. The van der Waals surface area contributed by atoms with Crippen LogP contribution in [0.15, 0.2) is 24.5 Å². The van der Waals surface area contributed by atoms with E-state index in [0.29, 0.717) is 19.5 Å². The van der Waals surface area contributed by atoms with Crippen molar-refractivity contribution in [3.05, 3.63) is 30.1 Å². The van der Waals surface area contributed by atoms with E-state index in [2.05, 4.69) is 17.6 Å². The van der Waals surface area contributed by atoms with Gasteiger partial charge in [-0.25, -0.2) is 0 Å². The maximum Gasteiger partial charge on any atom is 0.278 e. The second-order valence-corrected chi connectivity index (χ2v) is 4.03. The van der Waals surface area contributed by atoms with Gasteiger partial charge in [0.05, 0.1) is 12.5 Å². The van der Waals surface area contributed by atoms with Crippen molar-refractivity contribution in [2.75, 3.05) is 13.1 Å². The average molecular weight is 249 g/mol. The Bertz CT molecular complexity index is 388. The summed E-state index contributed by atoms with van der Waals surface area (Å²) >= 11 is 3.79. The molecule has 0 aliphatic heterocycles. The van der Waals surface area contributed by atoms with Crippen molar-refractivity contribution in [3.8, 4) is 6.07 Å². The summed E-state index contributed by atoms with van der Waals surface area (Å²) in [5.74, 6) is 0. The third-order valence-electron chi connectivity index (χ3n) is 2.38. The number of amides is 1. The van der Waals surface area contributed by atoms with E-state index in [-0.39, 0.29) is 5.24 Å². The maximum atomic E-state index is 11.2. The molecule has 0 radical (unpaired) electrons. The van der Waals surface area contributed by atoms with Crippen molar-refractivity contribution in [1.29, 1.82) is 5.26 Å². The van der Waals surface area contributed by atoms with Crippen LogP contribution in [0.2, 0.25) is 0 Å². The number of nitrogens with zero attached hydrogens (tertiary/aromatic N) is 3. The molecule has 0 atom stereocenters. The minimum Gasteiger partial charge on any atom is -0.333 e. The number of carbonyl (C=O) groups excluding carboxylic acids is 1. The fourth-order valence-corrected chi connectivity index (χ4v) is 1.71. The molecule has 0 N–H and O–H groups in total. The van der Waals surface area contributed by atoms with E-state index in [1.807, 2.05) is 24.4 Å². The Hall–Kier alpha value is -1.54. The molecule has 1 amide bonds. The molecule has 0 aliphatic rings. The van der Waals surface area contributed by atoms with Crippen LogP contribution >= 0.6 is 12.6 Å². The van der Waals surface area contributed by atoms with E-state index < -0.39 is 0 Å². The molecule has 90 valence electrons. The summed E-state index contributed by atoms with van der Waals surface area (Å²) in [5, 5.41) is 8.21. The SMILES string of the molecule is N#CCCN(CCCc1cccnc1)C(=O)S. The normalized spacial score (nSPS) is 9.65. The van der Waals surface area contributed by atoms with Crippen LogP contribution in [-0.2, 0) is 6.42 Å². The molecular formula is C12H15N3OS. The number of nitriles is 1. The lowest BCUT2D eigenvalue weighted by molar-refractivity contribution is 0.224. The Kier molecular flexibility index (Phi) is 6.12. The van der Waals surface area contributed by atoms with Gasteiger partial charge in [0.25, 0.3) is 5.24 Å². The van der Waals surface area contributed by atoms with Gasteiger partial charge < -0.3 is 4.90 Å². The van der Waals surface area contributed by atoms with Crippen molar-refractivity contribution in [2.24, 2.45) is 0 Å². The van der Waals surface area contributed by atoms with E-state index in [1.165, 1.54) is 0 Å². The average Bonchev–Trinajstić information content (AvgIpc) is 2.34. The molecule has 0 fully saturated rings. The van der Waals surface area contributed by atoms with Crippen LogP contribution in [0.5, 0.6) is 0 Å². The van der Waals surface area contributed by atoms with Gasteiger partial charge in [-0.05, 0) is 24.5 Å². The number of hydrogen-bond donors (Lipinski definition) is 1. The Morgan fingerprint density at radius 1 is 1.53 bits per heavy atom. The minimum absolute atomic E-state index is 0.272. The first kappa shape index (κ1) is 13.5. The van der Waals surface area contributed by atoms with E-state index in [9.17, 15) is 4.79 Å². The lowest BCUT2D eigenvalue weighted by Gasteiger charge is -2.18. The van der Waals surface area contributed by atoms with Gasteiger partial charge in [-0.2, -0.15) is 5.26 Å². The third kappa shape index (κ3) is 5.36. The summed E-state index contributed by atoms with van der Waals surface area (Å²) in [6, 6.07) is 5.93. The second kappa shape index (κ2) is 7.69. The van der Waals surface area contributed by atoms with Gasteiger partial charge in [-0.15, -0.1) is 0 Å². The number of hydrogen-bond acceptors (Lipinski definition) is 3. The van der Waals surface area contributed by atoms with Crippen LogP contribution in [0.1, 0.15) is 18.4 Å². The van der Waals surface area contributed by atoms with Crippen molar-refractivity contribution in [3.63, 3.8) is 0 Å². The van der Waals surface area contributed by atoms with E-state index in [4.69, 9.17) is 5.26 Å². The van der Waals surface area contributed by atoms with Gasteiger partial charge in [0.15, 0.2) is 0 Å². The molecule has 4 nitrogen and oxygen atoms in total. The first-order valence-corrected chi connectivity index (χ1v) is 5.92. The number of thiol groups is 1. The quantitative estimate of drug-likeness (QED) is 0.787. The Morgan fingerprint density at radius 3 is 2.94 bits per heavy atom. The van der Waals surface area contributed by atoms with E-state index >= 15 is 0 Å². The summed E-state index contributed by atoms with van der Waals surface area (Å²) < 4.78 is 0. The molecule has 1 rings (SSSR count). The molecule has 0 spiro atoms. The highest BCUT2D eigenvalue weighted by molar-refractivity contribution is 7.96. The molecule has 0 bridgehead atoms. The molecule has 0 unspecified atom stereocenters. The van der Waals surface area contributed by atoms with Crippen LogP contribution in [0.3, 0.4) is 0 Å². The monoisotopic (exact) mass is 249 g/mol. The molecule has 0 aliphatic carbocycles. The first-order valence-electron chi connectivity index (χ1n) is 5.47. The molecule has 1 aromatic rings. The summed E-state index contributed by atoms with van der Waals surface area (Å²) in [7, 11) is 0. The maximum absolute atomic E-state index is 11.2. The van der Waals surface area contributed by atoms with Gasteiger partial charge in [0, 0.05) is 25.5 Å². The highest BCUT2D eigenvalue weighted by Gasteiger charge is 2.08. The number of rotatable bonds is 6. The van der Waals surface area contributed by atoms with Gasteiger partial charge in [0.1, 0.15) is 0 Å². The molecular weight excluding hydrogens is 234 g/mol. The number of aryl methyl sites for hydroxylation is 1. The summed E-state index contributed by atoms with van der Waals surface area (Å²) in [4.78, 5) is 16.8. The van der Waals surface area contributed by atoms with Crippen LogP contribution in [-0.4, -0.2) is 28.2 Å². The zero-order chi connectivity index (χ0) is 12.5. The second-order valence-electron chi connectivity index (χ2n) is 3.64. The van der Waals surface area contributed by atoms with E-state index in [0.717, 1.165) is 18.4 Å². The molecule has 0 saturated carbocycles. The smallest absolute Gasteiger partial charge is 0.278 e. The van der Waals surface area contributed by atoms with Gasteiger partial charge in [0.2, 0.25) is 0 Å². The zero-order valence-electron chi connectivity index (χ0n) is 9.54. The third-order valence-corrected chi connectivity index (χ3v) is 2.66. The van der Waals surface area contributed by atoms with Gasteiger partial charge in [-0.1, -0.05) is 18.7 Å². The van der Waals surface area contributed by atoms with Crippen LogP contribution in [0.4, 0.5) is 4.79 Å². The highest BCUT2D eigenvalue weighted by atomic mass is 32.1. The molecule has 1 heterocycles. The van der Waals surface area contributed by atoms with Crippen molar-refractivity contribution >= 4 is 17.9 Å². The zero-order valence-corrected chi connectivity index (χ0v) is 10.4. The van der Waals surface area contributed by atoms with Crippen molar-refractivity contribution in [1.82, 2.24) is 9.88 Å². The molecule has 0 saturated heterocycles. The summed E-state index contributed by atoms with van der Waals surface area (Å²) in [5.41, 5.74) is 1.15. The standard InChI is InChI=1S/C12H15N3OS/c13-6-3-9-15(12(16)17)8-2-5-11-4-1-7-14-10-11/h1,4,7,10H,2-3,5,8-9H2,(H,16,17). The predicted octanol–water partition coefficient (Wildman–Crippen LogP) is 2.28. The fraction of sp³-hybridized carbons (Fsp3) is 0.417. The van der Waals surface area contributed by atoms with Crippen LogP contribution < -0.4 is 0 Å². The Morgan fingerprint density at radius 2 is 2.35 bits per heavy atom. The molecule has 1 aromatic heterocycles. The topological polar surface area (TPSA) is 57.0 Å². The van der Waals surface area contributed by atoms with Gasteiger partial charge >= 0.3 is 0 Å². The number of pyridine rings is 1.